The first-order chi connectivity index (χ1) is 15.9. The second-order valence-corrected chi connectivity index (χ2v) is 10.1. The van der Waals surface area contributed by atoms with E-state index < -0.39 is 6.10 Å². The molecule has 1 fully saturated rings. The van der Waals surface area contributed by atoms with Crippen molar-refractivity contribution in [2.24, 2.45) is 0 Å². The van der Waals surface area contributed by atoms with Gasteiger partial charge in [-0.2, -0.15) is 0 Å². The maximum Gasteiger partial charge on any atom is 0.238 e. The number of rotatable bonds is 8. The molecule has 2 atom stereocenters. The van der Waals surface area contributed by atoms with Gasteiger partial charge < -0.3 is 15.2 Å². The Bertz CT molecular complexity index is 1080. The van der Waals surface area contributed by atoms with Crippen molar-refractivity contribution in [1.29, 1.82) is 0 Å². The van der Waals surface area contributed by atoms with Gasteiger partial charge in [-0.3, -0.25) is 14.6 Å². The molecule has 8 heteroatoms. The van der Waals surface area contributed by atoms with Crippen LogP contribution in [0.15, 0.2) is 42.5 Å². The molecular weight excluding hydrogens is 436 g/mol. The van der Waals surface area contributed by atoms with Crippen molar-refractivity contribution >= 4 is 33.1 Å². The van der Waals surface area contributed by atoms with Crippen LogP contribution in [0.25, 0.3) is 10.2 Å². The Labute approximate surface area is 199 Å². The van der Waals surface area contributed by atoms with Crippen LogP contribution in [0, 0.1) is 13.8 Å². The normalized spacial score (nSPS) is 18.4. The Kier molecular flexibility index (Phi) is 7.60. The number of thiazole rings is 1. The number of anilines is 1. The molecule has 1 amide bonds. The summed E-state index contributed by atoms with van der Waals surface area (Å²) in [7, 11) is 0. The summed E-state index contributed by atoms with van der Waals surface area (Å²) in [5.74, 6) is 0.726. The Morgan fingerprint density at radius 3 is 2.79 bits per heavy atom. The van der Waals surface area contributed by atoms with E-state index in [9.17, 15) is 9.90 Å². The maximum absolute atomic E-state index is 12.4. The highest BCUT2D eigenvalue weighted by Crippen LogP contribution is 2.25. The lowest BCUT2D eigenvalue weighted by Crippen LogP contribution is -2.55. The van der Waals surface area contributed by atoms with Crippen LogP contribution in [-0.2, 0) is 4.79 Å². The molecule has 0 bridgehead atoms. The van der Waals surface area contributed by atoms with E-state index in [2.05, 4.69) is 27.0 Å². The van der Waals surface area contributed by atoms with Gasteiger partial charge in [0.2, 0.25) is 5.91 Å². The van der Waals surface area contributed by atoms with Crippen LogP contribution >= 0.6 is 11.3 Å². The molecule has 2 N–H and O–H groups in total. The molecule has 0 radical (unpaired) electrons. The molecule has 176 valence electrons. The van der Waals surface area contributed by atoms with Gasteiger partial charge in [-0.05, 0) is 45.0 Å². The molecule has 2 heterocycles. The number of carbonyl (C=O) groups is 1. The molecule has 1 aliphatic heterocycles. The number of nitrogens with one attached hydrogen (secondary N) is 1. The average Bonchev–Trinajstić information content (AvgIpc) is 3.15. The first-order valence-corrected chi connectivity index (χ1v) is 12.2. The summed E-state index contributed by atoms with van der Waals surface area (Å²) in [6.45, 7) is 9.69. The van der Waals surface area contributed by atoms with Crippen LogP contribution < -0.4 is 10.1 Å². The van der Waals surface area contributed by atoms with Gasteiger partial charge in [-0.25, -0.2) is 4.98 Å². The van der Waals surface area contributed by atoms with Crippen molar-refractivity contribution in [3.63, 3.8) is 0 Å². The van der Waals surface area contributed by atoms with Crippen LogP contribution in [0.2, 0.25) is 0 Å². The number of hydrogen-bond donors (Lipinski definition) is 2. The van der Waals surface area contributed by atoms with Gasteiger partial charge in [0.05, 0.1) is 21.8 Å². The SMILES string of the molecule is Cc1ccc(NC(=O)CN2CCN(C[C@H](O)COc3ccc4sc(C)nc4c3)[C@@H](C)C2)cc1. The number of aliphatic hydroxyl groups excluding tert-OH is 1. The van der Waals surface area contributed by atoms with Gasteiger partial charge in [-0.15, -0.1) is 11.3 Å². The minimum absolute atomic E-state index is 0.000197. The van der Waals surface area contributed by atoms with Gasteiger partial charge >= 0.3 is 0 Å². The lowest BCUT2D eigenvalue weighted by molar-refractivity contribution is -0.118. The molecule has 0 spiro atoms. The molecule has 4 rings (SSSR count). The number of nitrogens with zero attached hydrogens (tertiary/aromatic N) is 3. The standard InChI is InChI=1S/C25H32N4O3S/c1-17-4-6-20(7-5-17)27-25(31)15-28-10-11-29(18(2)13-28)14-21(30)16-32-22-8-9-24-23(12-22)26-19(3)33-24/h4-9,12,18,21,30H,10-11,13-16H2,1-3H3,(H,27,31)/t18-,21-/m0/s1. The Morgan fingerprint density at radius 1 is 1.24 bits per heavy atom. The minimum atomic E-state index is -0.586. The number of aliphatic hydroxyl groups is 1. The summed E-state index contributed by atoms with van der Waals surface area (Å²) in [5, 5.41) is 14.5. The number of β-amino-alcohol motifs (C(OH)–C–C–N with tert-alkyl or cyclic N) is 1. The van der Waals surface area contributed by atoms with Crippen LogP contribution in [0.3, 0.4) is 0 Å². The van der Waals surface area contributed by atoms with Gasteiger partial charge in [0.15, 0.2) is 0 Å². The number of amides is 1. The Balaban J connectivity index is 1.20. The van der Waals surface area contributed by atoms with Crippen LogP contribution in [0.5, 0.6) is 5.75 Å². The quantitative estimate of drug-likeness (QED) is 0.528. The third-order valence-electron chi connectivity index (χ3n) is 5.91. The highest BCUT2D eigenvalue weighted by Gasteiger charge is 2.26. The van der Waals surface area contributed by atoms with Crippen molar-refractivity contribution in [1.82, 2.24) is 14.8 Å². The summed E-state index contributed by atoms with van der Waals surface area (Å²) in [4.78, 5) is 21.3. The molecule has 7 nitrogen and oxygen atoms in total. The van der Waals surface area contributed by atoms with E-state index in [0.29, 0.717) is 13.1 Å². The summed E-state index contributed by atoms with van der Waals surface area (Å²) in [6.07, 6.45) is -0.586. The van der Waals surface area contributed by atoms with E-state index in [-0.39, 0.29) is 18.6 Å². The second kappa shape index (κ2) is 10.6. The van der Waals surface area contributed by atoms with Gasteiger partial charge in [0.25, 0.3) is 0 Å². The Morgan fingerprint density at radius 2 is 2.03 bits per heavy atom. The minimum Gasteiger partial charge on any atom is -0.491 e. The molecule has 1 saturated heterocycles. The fourth-order valence-electron chi connectivity index (χ4n) is 4.15. The predicted molar refractivity (Wildman–Crippen MR) is 133 cm³/mol. The molecule has 0 saturated carbocycles. The maximum atomic E-state index is 12.4. The van der Waals surface area contributed by atoms with E-state index in [4.69, 9.17) is 4.74 Å². The fourth-order valence-corrected chi connectivity index (χ4v) is 4.96. The molecule has 0 unspecified atom stereocenters. The van der Waals surface area contributed by atoms with Crippen LogP contribution in [0.1, 0.15) is 17.5 Å². The molecule has 2 aromatic carbocycles. The number of piperazine rings is 1. The zero-order valence-electron chi connectivity index (χ0n) is 19.5. The van der Waals surface area contributed by atoms with E-state index in [1.807, 2.05) is 56.3 Å². The van der Waals surface area contributed by atoms with Gasteiger partial charge in [-0.1, -0.05) is 17.7 Å². The van der Waals surface area contributed by atoms with Crippen molar-refractivity contribution in [3.8, 4) is 5.75 Å². The number of carbonyl (C=O) groups excluding carboxylic acids is 1. The molecule has 1 aliphatic rings. The lowest BCUT2D eigenvalue weighted by atomic mass is 10.1. The molecule has 3 aromatic rings. The van der Waals surface area contributed by atoms with Crippen molar-refractivity contribution in [2.45, 2.75) is 32.9 Å². The van der Waals surface area contributed by atoms with Gasteiger partial charge in [0.1, 0.15) is 18.5 Å². The summed E-state index contributed by atoms with van der Waals surface area (Å²) in [5.41, 5.74) is 2.92. The van der Waals surface area contributed by atoms with E-state index in [1.54, 1.807) is 11.3 Å². The molecule has 33 heavy (non-hydrogen) atoms. The third kappa shape index (κ3) is 6.51. The van der Waals surface area contributed by atoms with Crippen molar-refractivity contribution < 1.29 is 14.6 Å². The van der Waals surface area contributed by atoms with Crippen molar-refractivity contribution in [2.75, 3.05) is 44.6 Å². The topological polar surface area (TPSA) is 77.9 Å². The number of ether oxygens (including phenoxy) is 1. The first kappa shape index (κ1) is 23.6. The number of hydrogen-bond acceptors (Lipinski definition) is 7. The number of aryl methyl sites for hydroxylation is 2. The highest BCUT2D eigenvalue weighted by molar-refractivity contribution is 7.18. The smallest absolute Gasteiger partial charge is 0.238 e. The van der Waals surface area contributed by atoms with E-state index >= 15 is 0 Å². The number of aromatic nitrogens is 1. The van der Waals surface area contributed by atoms with Crippen LogP contribution in [0.4, 0.5) is 5.69 Å². The van der Waals surface area contributed by atoms with E-state index in [1.165, 1.54) is 5.56 Å². The van der Waals surface area contributed by atoms with Crippen molar-refractivity contribution in [3.05, 3.63) is 53.0 Å². The summed E-state index contributed by atoms with van der Waals surface area (Å²) >= 11 is 1.66. The number of fused-ring (bicyclic) bond motifs is 1. The predicted octanol–water partition coefficient (Wildman–Crippen LogP) is 3.30. The average molecular weight is 469 g/mol. The molecule has 1 aromatic heterocycles. The largest absolute Gasteiger partial charge is 0.491 e. The number of benzene rings is 2. The first-order valence-electron chi connectivity index (χ1n) is 11.4. The molecule has 0 aliphatic carbocycles. The Hall–Kier alpha value is -2.52. The van der Waals surface area contributed by atoms with Crippen LogP contribution in [-0.4, -0.2) is 77.3 Å². The second-order valence-electron chi connectivity index (χ2n) is 8.82. The fraction of sp³-hybridized carbons (Fsp3) is 0.440. The van der Waals surface area contributed by atoms with Gasteiger partial charge in [0, 0.05) is 44.0 Å². The summed E-state index contributed by atoms with van der Waals surface area (Å²) in [6, 6.07) is 13.9. The zero-order valence-corrected chi connectivity index (χ0v) is 20.3. The molecular formula is C25H32N4O3S. The lowest BCUT2D eigenvalue weighted by Gasteiger charge is -2.40. The highest BCUT2D eigenvalue weighted by atomic mass is 32.1. The third-order valence-corrected chi connectivity index (χ3v) is 6.86. The zero-order chi connectivity index (χ0) is 23.4. The monoisotopic (exact) mass is 468 g/mol. The van der Waals surface area contributed by atoms with E-state index in [0.717, 1.165) is 46.3 Å². The summed E-state index contributed by atoms with van der Waals surface area (Å²) < 4.78 is 6.96.